The van der Waals surface area contributed by atoms with E-state index in [0.29, 0.717) is 5.69 Å². The Morgan fingerprint density at radius 3 is 2.70 bits per heavy atom. The predicted molar refractivity (Wildman–Crippen MR) is 85.5 cm³/mol. The molecule has 1 aromatic carbocycles. The van der Waals surface area contributed by atoms with Crippen molar-refractivity contribution in [2.24, 2.45) is 7.05 Å². The van der Waals surface area contributed by atoms with Crippen LogP contribution in [0.1, 0.15) is 11.1 Å². The van der Waals surface area contributed by atoms with E-state index in [2.05, 4.69) is 11.1 Å². The number of rotatable bonds is 2. The van der Waals surface area contributed by atoms with Gasteiger partial charge in [-0.15, -0.1) is 0 Å². The molecule has 0 spiro atoms. The lowest BCUT2D eigenvalue weighted by molar-refractivity contribution is 0.948. The first-order valence-corrected chi connectivity index (χ1v) is 6.65. The third-order valence-corrected chi connectivity index (χ3v) is 3.44. The minimum atomic E-state index is 0.671. The number of fused-ring (bicyclic) bond motifs is 1. The van der Waals surface area contributed by atoms with Gasteiger partial charge in [0.05, 0.1) is 11.9 Å². The van der Waals surface area contributed by atoms with Crippen LogP contribution >= 0.6 is 11.6 Å². The predicted octanol–water partition coefficient (Wildman–Crippen LogP) is 3.98. The molecule has 0 atom stereocenters. The summed E-state index contributed by atoms with van der Waals surface area (Å²) in [6, 6.07) is 9.67. The summed E-state index contributed by atoms with van der Waals surface area (Å²) in [7, 11) is 1.98. The lowest BCUT2D eigenvalue weighted by Gasteiger charge is -1.96. The number of aryl methyl sites for hydroxylation is 1. The van der Waals surface area contributed by atoms with Crippen molar-refractivity contribution < 1.29 is 0 Å². The number of nitrogen functional groups attached to an aromatic ring is 1. The van der Waals surface area contributed by atoms with E-state index in [1.807, 2.05) is 54.2 Å². The highest BCUT2D eigenvalue weighted by atomic mass is 35.5. The highest BCUT2D eigenvalue weighted by molar-refractivity contribution is 6.30. The van der Waals surface area contributed by atoms with Crippen LogP contribution in [0.5, 0.6) is 0 Å². The van der Waals surface area contributed by atoms with E-state index >= 15 is 0 Å². The molecule has 2 N–H and O–H groups in total. The highest BCUT2D eigenvalue weighted by Gasteiger charge is 2.05. The largest absolute Gasteiger partial charge is 0.397 e. The van der Waals surface area contributed by atoms with E-state index in [-0.39, 0.29) is 0 Å². The molecular formula is C16H14ClN3. The van der Waals surface area contributed by atoms with Crippen molar-refractivity contribution in [3.63, 3.8) is 0 Å². The average molecular weight is 284 g/mol. The van der Waals surface area contributed by atoms with E-state index in [1.165, 1.54) is 0 Å². The monoisotopic (exact) mass is 283 g/mol. The van der Waals surface area contributed by atoms with Crippen LogP contribution in [0.25, 0.3) is 23.2 Å². The number of pyridine rings is 1. The number of halogens is 1. The Bertz CT molecular complexity index is 785. The van der Waals surface area contributed by atoms with Crippen LogP contribution in [-0.4, -0.2) is 9.55 Å². The topological polar surface area (TPSA) is 43.8 Å². The second-order valence-corrected chi connectivity index (χ2v) is 5.16. The van der Waals surface area contributed by atoms with Crippen LogP contribution in [-0.2, 0) is 7.05 Å². The second-order valence-electron chi connectivity index (χ2n) is 4.72. The van der Waals surface area contributed by atoms with Crippen molar-refractivity contribution in [2.45, 2.75) is 0 Å². The zero-order valence-electron chi connectivity index (χ0n) is 11.0. The lowest BCUT2D eigenvalue weighted by atomic mass is 10.1. The van der Waals surface area contributed by atoms with Gasteiger partial charge in [0.1, 0.15) is 5.65 Å². The number of aromatic nitrogens is 2. The molecule has 2 heterocycles. The first kappa shape index (κ1) is 12.8. The molecule has 0 aliphatic rings. The van der Waals surface area contributed by atoms with E-state index < -0.39 is 0 Å². The summed E-state index contributed by atoms with van der Waals surface area (Å²) >= 11 is 5.88. The van der Waals surface area contributed by atoms with Gasteiger partial charge >= 0.3 is 0 Å². The Balaban J connectivity index is 2.02. The smallest absolute Gasteiger partial charge is 0.140 e. The molecule has 3 rings (SSSR count). The van der Waals surface area contributed by atoms with E-state index in [4.69, 9.17) is 17.3 Å². The highest BCUT2D eigenvalue weighted by Crippen LogP contribution is 2.23. The molecule has 0 bridgehead atoms. The fourth-order valence-corrected chi connectivity index (χ4v) is 2.33. The summed E-state index contributed by atoms with van der Waals surface area (Å²) in [5.41, 5.74) is 9.61. The molecule has 0 saturated heterocycles. The van der Waals surface area contributed by atoms with Crippen molar-refractivity contribution >= 4 is 40.5 Å². The molecule has 0 amide bonds. The van der Waals surface area contributed by atoms with Gasteiger partial charge in [-0.05, 0) is 23.8 Å². The molecule has 2 aromatic heterocycles. The fraction of sp³-hybridized carbons (Fsp3) is 0.0625. The van der Waals surface area contributed by atoms with Gasteiger partial charge in [-0.25, -0.2) is 4.98 Å². The molecular weight excluding hydrogens is 270 g/mol. The van der Waals surface area contributed by atoms with Gasteiger partial charge in [-0.3, -0.25) is 0 Å². The van der Waals surface area contributed by atoms with Crippen molar-refractivity contribution in [1.82, 2.24) is 9.55 Å². The SMILES string of the molecule is Cn1cc(/C=C/c2ccc(Cl)cc2)c2cc(N)cnc21. The minimum absolute atomic E-state index is 0.671. The molecule has 3 aromatic rings. The van der Waals surface area contributed by atoms with Gasteiger partial charge in [-0.1, -0.05) is 35.9 Å². The van der Waals surface area contributed by atoms with Crippen LogP contribution in [0.2, 0.25) is 5.02 Å². The number of nitrogens with two attached hydrogens (primary N) is 1. The lowest BCUT2D eigenvalue weighted by Crippen LogP contribution is -1.89. The van der Waals surface area contributed by atoms with E-state index in [9.17, 15) is 0 Å². The summed E-state index contributed by atoms with van der Waals surface area (Å²) in [5.74, 6) is 0. The van der Waals surface area contributed by atoms with Crippen LogP contribution in [0.15, 0.2) is 42.7 Å². The summed E-state index contributed by atoms with van der Waals surface area (Å²) in [6.07, 6.45) is 7.83. The van der Waals surface area contributed by atoms with Gasteiger partial charge in [0.25, 0.3) is 0 Å². The maximum absolute atomic E-state index is 5.88. The number of anilines is 1. The first-order chi connectivity index (χ1) is 9.63. The number of nitrogens with zero attached hydrogens (tertiary/aromatic N) is 2. The van der Waals surface area contributed by atoms with Gasteiger partial charge in [-0.2, -0.15) is 0 Å². The quantitative estimate of drug-likeness (QED) is 0.773. The van der Waals surface area contributed by atoms with Crippen LogP contribution in [0.4, 0.5) is 5.69 Å². The van der Waals surface area contributed by atoms with E-state index in [1.54, 1.807) is 6.20 Å². The Kier molecular flexibility index (Phi) is 3.20. The zero-order chi connectivity index (χ0) is 14.1. The zero-order valence-corrected chi connectivity index (χ0v) is 11.8. The van der Waals surface area contributed by atoms with Crippen LogP contribution < -0.4 is 5.73 Å². The summed E-state index contributed by atoms with van der Waals surface area (Å²) in [6.45, 7) is 0. The van der Waals surface area contributed by atoms with Crippen molar-refractivity contribution in [2.75, 3.05) is 5.73 Å². The molecule has 0 unspecified atom stereocenters. The molecule has 0 aliphatic carbocycles. The molecule has 0 aliphatic heterocycles. The first-order valence-electron chi connectivity index (χ1n) is 6.28. The normalized spacial score (nSPS) is 11.5. The third-order valence-electron chi connectivity index (χ3n) is 3.19. The molecule has 20 heavy (non-hydrogen) atoms. The Labute approximate surface area is 122 Å². The maximum atomic E-state index is 5.88. The van der Waals surface area contributed by atoms with Gasteiger partial charge < -0.3 is 10.3 Å². The third kappa shape index (κ3) is 2.40. The second kappa shape index (κ2) is 5.02. The van der Waals surface area contributed by atoms with Crippen molar-refractivity contribution in [3.05, 3.63) is 58.9 Å². The Morgan fingerprint density at radius 2 is 1.95 bits per heavy atom. The molecule has 0 saturated carbocycles. The van der Waals surface area contributed by atoms with Crippen molar-refractivity contribution in [3.8, 4) is 0 Å². The van der Waals surface area contributed by atoms with Crippen LogP contribution in [0.3, 0.4) is 0 Å². The average Bonchev–Trinajstić information content (AvgIpc) is 2.74. The minimum Gasteiger partial charge on any atom is -0.397 e. The standard InChI is InChI=1S/C16H14ClN3/c1-20-10-12(15-8-14(18)9-19-16(15)20)5-2-11-3-6-13(17)7-4-11/h2-10H,18H2,1H3/b5-2+. The molecule has 0 radical (unpaired) electrons. The van der Waals surface area contributed by atoms with Crippen molar-refractivity contribution in [1.29, 1.82) is 0 Å². The molecule has 4 heteroatoms. The number of hydrogen-bond donors (Lipinski definition) is 1. The fourth-order valence-electron chi connectivity index (χ4n) is 2.20. The Hall–Kier alpha value is -2.26. The van der Waals surface area contributed by atoms with Gasteiger partial charge in [0.15, 0.2) is 0 Å². The molecule has 100 valence electrons. The molecule has 0 fully saturated rings. The van der Waals surface area contributed by atoms with E-state index in [0.717, 1.165) is 27.2 Å². The van der Waals surface area contributed by atoms with Crippen LogP contribution in [0, 0.1) is 0 Å². The summed E-state index contributed by atoms with van der Waals surface area (Å²) in [5, 5.41) is 1.79. The van der Waals surface area contributed by atoms with Gasteiger partial charge in [0.2, 0.25) is 0 Å². The number of hydrogen-bond acceptors (Lipinski definition) is 2. The maximum Gasteiger partial charge on any atom is 0.140 e. The van der Waals surface area contributed by atoms with Gasteiger partial charge in [0, 0.05) is 29.2 Å². The summed E-state index contributed by atoms with van der Waals surface area (Å²) in [4.78, 5) is 4.35. The Morgan fingerprint density at radius 1 is 1.20 bits per heavy atom. The molecule has 3 nitrogen and oxygen atoms in total. The number of benzene rings is 1. The summed E-state index contributed by atoms with van der Waals surface area (Å²) < 4.78 is 2.00.